The van der Waals surface area contributed by atoms with Crippen LogP contribution in [0.3, 0.4) is 0 Å². The molecule has 23 heavy (non-hydrogen) atoms. The SMILES string of the molecule is CC(CCc1ccccc1)(Cc1ccccn1)c1ccncc1. The number of aromatic nitrogens is 2. The molecule has 0 aliphatic carbocycles. The Bertz CT molecular complexity index is 711. The molecule has 3 rings (SSSR count). The summed E-state index contributed by atoms with van der Waals surface area (Å²) in [6.07, 6.45) is 8.72. The van der Waals surface area contributed by atoms with Gasteiger partial charge in [-0.15, -0.1) is 0 Å². The first-order chi connectivity index (χ1) is 11.3. The molecule has 2 aromatic heterocycles. The van der Waals surface area contributed by atoms with Crippen LogP contribution >= 0.6 is 0 Å². The molecule has 1 atom stereocenters. The molecule has 0 saturated heterocycles. The zero-order valence-electron chi connectivity index (χ0n) is 13.5. The number of benzene rings is 1. The molecule has 0 aliphatic rings. The minimum atomic E-state index is 0.0487. The molecule has 0 spiro atoms. The summed E-state index contributed by atoms with van der Waals surface area (Å²) in [6.45, 7) is 2.33. The standard InChI is InChI=1S/C21H22N2/c1-21(19-11-15-22-16-12-19,17-20-9-5-6-14-23-20)13-10-18-7-3-2-4-8-18/h2-9,11-12,14-16H,10,13,17H2,1H3. The van der Waals surface area contributed by atoms with Gasteiger partial charge in [-0.2, -0.15) is 0 Å². The summed E-state index contributed by atoms with van der Waals surface area (Å²) in [5.74, 6) is 0. The maximum Gasteiger partial charge on any atom is 0.0412 e. The molecule has 2 heteroatoms. The lowest BCUT2D eigenvalue weighted by molar-refractivity contribution is 0.426. The molecule has 2 heterocycles. The van der Waals surface area contributed by atoms with Crippen LogP contribution < -0.4 is 0 Å². The normalized spacial score (nSPS) is 13.4. The third-order valence-corrected chi connectivity index (χ3v) is 4.48. The summed E-state index contributed by atoms with van der Waals surface area (Å²) in [6, 6.07) is 21.1. The average Bonchev–Trinajstić information content (AvgIpc) is 2.63. The topological polar surface area (TPSA) is 25.8 Å². The molecule has 0 amide bonds. The van der Waals surface area contributed by atoms with Crippen LogP contribution in [0.4, 0.5) is 0 Å². The van der Waals surface area contributed by atoms with Crippen molar-refractivity contribution in [1.82, 2.24) is 9.97 Å². The van der Waals surface area contributed by atoms with Crippen LogP contribution in [0.15, 0.2) is 79.3 Å². The van der Waals surface area contributed by atoms with Crippen molar-refractivity contribution in [1.29, 1.82) is 0 Å². The summed E-state index contributed by atoms with van der Waals surface area (Å²) in [5, 5.41) is 0. The van der Waals surface area contributed by atoms with Crippen molar-refractivity contribution in [3.05, 3.63) is 96.1 Å². The highest BCUT2D eigenvalue weighted by Crippen LogP contribution is 2.32. The first kappa shape index (κ1) is 15.4. The van der Waals surface area contributed by atoms with Crippen molar-refractivity contribution in [3.8, 4) is 0 Å². The van der Waals surface area contributed by atoms with Crippen LogP contribution in [0, 0.1) is 0 Å². The van der Waals surface area contributed by atoms with E-state index in [0.29, 0.717) is 0 Å². The molecule has 116 valence electrons. The van der Waals surface area contributed by atoms with Gasteiger partial charge in [-0.1, -0.05) is 43.3 Å². The molecule has 1 aromatic carbocycles. The molecule has 0 N–H and O–H groups in total. The van der Waals surface area contributed by atoms with Crippen LogP contribution in [0.2, 0.25) is 0 Å². The lowest BCUT2D eigenvalue weighted by Gasteiger charge is -2.30. The Balaban J connectivity index is 1.84. The second kappa shape index (κ2) is 7.19. The van der Waals surface area contributed by atoms with E-state index in [0.717, 1.165) is 25.0 Å². The van der Waals surface area contributed by atoms with Crippen LogP contribution in [-0.2, 0) is 18.3 Å². The van der Waals surface area contributed by atoms with E-state index in [9.17, 15) is 0 Å². The highest BCUT2D eigenvalue weighted by Gasteiger charge is 2.27. The number of rotatable bonds is 6. The fourth-order valence-electron chi connectivity index (χ4n) is 3.06. The molecular formula is C21H22N2. The molecule has 3 aromatic rings. The van der Waals surface area contributed by atoms with Crippen molar-refractivity contribution >= 4 is 0 Å². The summed E-state index contributed by atoms with van der Waals surface area (Å²) in [7, 11) is 0. The molecule has 0 fully saturated rings. The molecular weight excluding hydrogens is 280 g/mol. The average molecular weight is 302 g/mol. The lowest BCUT2D eigenvalue weighted by atomic mass is 9.74. The summed E-state index contributed by atoms with van der Waals surface area (Å²) in [4.78, 5) is 8.70. The van der Waals surface area contributed by atoms with Gasteiger partial charge in [-0.05, 0) is 60.1 Å². The summed E-state index contributed by atoms with van der Waals surface area (Å²) in [5.41, 5.74) is 3.90. The lowest BCUT2D eigenvalue weighted by Crippen LogP contribution is -2.26. The predicted octanol–water partition coefficient (Wildman–Crippen LogP) is 4.61. The molecule has 1 unspecified atom stereocenters. The second-order valence-corrected chi connectivity index (χ2v) is 6.28. The van der Waals surface area contributed by atoms with Crippen LogP contribution in [-0.4, -0.2) is 9.97 Å². The Kier molecular flexibility index (Phi) is 4.82. The van der Waals surface area contributed by atoms with Gasteiger partial charge < -0.3 is 0 Å². The van der Waals surface area contributed by atoms with E-state index in [1.807, 2.05) is 24.7 Å². The van der Waals surface area contributed by atoms with Gasteiger partial charge >= 0.3 is 0 Å². The van der Waals surface area contributed by atoms with Gasteiger partial charge in [0, 0.05) is 24.3 Å². The van der Waals surface area contributed by atoms with Gasteiger partial charge in [0.25, 0.3) is 0 Å². The third kappa shape index (κ3) is 4.04. The maximum atomic E-state index is 4.53. The van der Waals surface area contributed by atoms with Crippen molar-refractivity contribution in [2.45, 2.75) is 31.6 Å². The number of hydrogen-bond donors (Lipinski definition) is 0. The fraction of sp³-hybridized carbons (Fsp3) is 0.238. The minimum Gasteiger partial charge on any atom is -0.265 e. The Labute approximate surface area is 138 Å². The molecule has 0 radical (unpaired) electrons. The monoisotopic (exact) mass is 302 g/mol. The Morgan fingerprint density at radius 2 is 1.57 bits per heavy atom. The summed E-state index contributed by atoms with van der Waals surface area (Å²) < 4.78 is 0. The Morgan fingerprint density at radius 1 is 0.826 bits per heavy atom. The largest absolute Gasteiger partial charge is 0.265 e. The van der Waals surface area contributed by atoms with Crippen LogP contribution in [0.5, 0.6) is 0 Å². The third-order valence-electron chi connectivity index (χ3n) is 4.48. The highest BCUT2D eigenvalue weighted by molar-refractivity contribution is 5.26. The van der Waals surface area contributed by atoms with E-state index in [1.54, 1.807) is 0 Å². The van der Waals surface area contributed by atoms with Gasteiger partial charge in [-0.3, -0.25) is 9.97 Å². The molecule has 0 saturated carbocycles. The number of nitrogens with zero attached hydrogens (tertiary/aromatic N) is 2. The Morgan fingerprint density at radius 3 is 2.26 bits per heavy atom. The predicted molar refractivity (Wildman–Crippen MR) is 94.3 cm³/mol. The van der Waals surface area contributed by atoms with Crippen molar-refractivity contribution in [2.75, 3.05) is 0 Å². The zero-order valence-corrected chi connectivity index (χ0v) is 13.5. The van der Waals surface area contributed by atoms with E-state index in [1.165, 1.54) is 11.1 Å². The maximum absolute atomic E-state index is 4.53. The quantitative estimate of drug-likeness (QED) is 0.664. The number of pyridine rings is 2. The Hall–Kier alpha value is -2.48. The van der Waals surface area contributed by atoms with Crippen LogP contribution in [0.1, 0.15) is 30.2 Å². The molecule has 2 nitrogen and oxygen atoms in total. The van der Waals surface area contributed by atoms with Gasteiger partial charge in [0.2, 0.25) is 0 Å². The number of aryl methyl sites for hydroxylation is 1. The van der Waals surface area contributed by atoms with Crippen molar-refractivity contribution < 1.29 is 0 Å². The molecule has 0 bridgehead atoms. The van der Waals surface area contributed by atoms with Gasteiger partial charge in [0.1, 0.15) is 0 Å². The van der Waals surface area contributed by atoms with Gasteiger partial charge in [0.05, 0.1) is 0 Å². The fourth-order valence-corrected chi connectivity index (χ4v) is 3.06. The minimum absolute atomic E-state index is 0.0487. The van der Waals surface area contributed by atoms with Crippen molar-refractivity contribution in [2.24, 2.45) is 0 Å². The highest BCUT2D eigenvalue weighted by atomic mass is 14.7. The number of hydrogen-bond acceptors (Lipinski definition) is 2. The van der Waals surface area contributed by atoms with Crippen molar-refractivity contribution in [3.63, 3.8) is 0 Å². The summed E-state index contributed by atoms with van der Waals surface area (Å²) >= 11 is 0. The van der Waals surface area contributed by atoms with E-state index in [-0.39, 0.29) is 5.41 Å². The first-order valence-electron chi connectivity index (χ1n) is 8.11. The van der Waals surface area contributed by atoms with E-state index < -0.39 is 0 Å². The van der Waals surface area contributed by atoms with E-state index >= 15 is 0 Å². The smallest absolute Gasteiger partial charge is 0.0412 e. The van der Waals surface area contributed by atoms with Gasteiger partial charge in [0.15, 0.2) is 0 Å². The zero-order chi connectivity index (χ0) is 16.0. The van der Waals surface area contributed by atoms with E-state index in [4.69, 9.17) is 0 Å². The van der Waals surface area contributed by atoms with Crippen LogP contribution in [0.25, 0.3) is 0 Å². The first-order valence-corrected chi connectivity index (χ1v) is 8.11. The van der Waals surface area contributed by atoms with E-state index in [2.05, 4.69) is 71.5 Å². The second-order valence-electron chi connectivity index (χ2n) is 6.28. The van der Waals surface area contributed by atoms with Gasteiger partial charge in [-0.25, -0.2) is 0 Å². The molecule has 0 aliphatic heterocycles.